The van der Waals surface area contributed by atoms with E-state index in [0.29, 0.717) is 0 Å². The van der Waals surface area contributed by atoms with Crippen molar-refractivity contribution >= 4 is 47.3 Å². The average Bonchev–Trinajstić information content (AvgIpc) is 2.51. The van der Waals surface area contributed by atoms with Crippen molar-refractivity contribution in [3.8, 4) is 11.5 Å². The van der Waals surface area contributed by atoms with E-state index < -0.39 is 14.1 Å². The summed E-state index contributed by atoms with van der Waals surface area (Å²) in [6.45, 7) is 6.95. The zero-order valence-corrected chi connectivity index (χ0v) is 21.7. The van der Waals surface area contributed by atoms with Gasteiger partial charge in [0.05, 0.1) is 0 Å². The fourth-order valence-corrected chi connectivity index (χ4v) is 5.50. The van der Waals surface area contributed by atoms with Crippen LogP contribution < -0.4 is 0 Å². The molecule has 0 rings (SSSR count). The fraction of sp³-hybridized carbons (Fsp3) is 0.905. The first-order valence-corrected chi connectivity index (χ1v) is 19.5. The lowest BCUT2D eigenvalue weighted by molar-refractivity contribution is 0.536. The quantitative estimate of drug-likeness (QED) is 0.0940. The van der Waals surface area contributed by atoms with Crippen LogP contribution in [-0.2, 0) is 0 Å². The van der Waals surface area contributed by atoms with E-state index in [-0.39, 0.29) is 0 Å². The minimum absolute atomic E-state index is 0.823. The van der Waals surface area contributed by atoms with Crippen molar-refractivity contribution in [2.24, 2.45) is 0 Å². The second-order valence-corrected chi connectivity index (χ2v) is 22.6. The van der Waals surface area contributed by atoms with Crippen LogP contribution >= 0.6 is 33.2 Å². The van der Waals surface area contributed by atoms with Gasteiger partial charge in [0.15, 0.2) is 0 Å². The standard InChI is InChI=1S/C21H41Cl3Si2/c1-25(2,3)20-18-16-14-12-10-8-6-4-5-7-9-11-13-15-17-19-21-26(22,23)24/h4-17,19,21H2,1-3H3. The first-order valence-electron chi connectivity index (χ1n) is 10.8. The molecule has 0 aromatic rings. The largest absolute Gasteiger partial charge is 0.341 e. The maximum Gasteiger partial charge on any atom is 0.341 e. The Morgan fingerprint density at radius 2 is 0.885 bits per heavy atom. The monoisotopic (exact) mass is 454 g/mol. The highest BCUT2D eigenvalue weighted by atomic mass is 35.8. The van der Waals surface area contributed by atoms with Crippen LogP contribution in [0.3, 0.4) is 0 Å². The molecule has 26 heavy (non-hydrogen) atoms. The molecule has 0 saturated heterocycles. The predicted octanol–water partition coefficient (Wildman–Crippen LogP) is 9.37. The summed E-state index contributed by atoms with van der Waals surface area (Å²) in [6, 6.07) is -1.54. The maximum absolute atomic E-state index is 5.88. The third-order valence-electron chi connectivity index (χ3n) is 4.48. The molecule has 0 atom stereocenters. The van der Waals surface area contributed by atoms with Crippen molar-refractivity contribution < 1.29 is 0 Å². The van der Waals surface area contributed by atoms with Crippen LogP contribution in [0.1, 0.15) is 96.3 Å². The molecular weight excluding hydrogens is 415 g/mol. The summed E-state index contributed by atoms with van der Waals surface area (Å²) in [5, 5.41) is 0. The van der Waals surface area contributed by atoms with Crippen molar-refractivity contribution in [1.29, 1.82) is 0 Å². The lowest BCUT2D eigenvalue weighted by atomic mass is 10.0. The van der Waals surface area contributed by atoms with Crippen molar-refractivity contribution in [3.05, 3.63) is 0 Å². The van der Waals surface area contributed by atoms with Gasteiger partial charge in [0.1, 0.15) is 8.07 Å². The van der Waals surface area contributed by atoms with Gasteiger partial charge in [-0.3, -0.25) is 0 Å². The Morgan fingerprint density at radius 3 is 1.23 bits per heavy atom. The molecule has 0 aliphatic heterocycles. The minimum atomic E-state index is -2.36. The van der Waals surface area contributed by atoms with E-state index in [1.54, 1.807) is 0 Å². The van der Waals surface area contributed by atoms with Gasteiger partial charge in [-0.05, 0) is 12.5 Å². The molecule has 0 radical (unpaired) electrons. The molecule has 0 aliphatic carbocycles. The van der Waals surface area contributed by atoms with Gasteiger partial charge in [-0.1, -0.05) is 103 Å². The number of unbranched alkanes of at least 4 members (excludes halogenated alkanes) is 14. The summed E-state index contributed by atoms with van der Waals surface area (Å²) in [6.07, 6.45) is 20.0. The lowest BCUT2D eigenvalue weighted by Gasteiger charge is -2.07. The van der Waals surface area contributed by atoms with Crippen LogP contribution in [0.25, 0.3) is 0 Å². The molecular formula is C21H41Cl3Si2. The Morgan fingerprint density at radius 1 is 0.538 bits per heavy atom. The van der Waals surface area contributed by atoms with Crippen LogP contribution in [0.2, 0.25) is 25.7 Å². The van der Waals surface area contributed by atoms with E-state index in [1.165, 1.54) is 83.5 Å². The van der Waals surface area contributed by atoms with Crippen molar-refractivity contribution in [2.75, 3.05) is 0 Å². The smallest absolute Gasteiger partial charge is 0.132 e. The topological polar surface area (TPSA) is 0 Å². The Labute approximate surface area is 180 Å². The van der Waals surface area contributed by atoms with Gasteiger partial charge in [-0.2, -0.15) is 0 Å². The molecule has 0 bridgehead atoms. The van der Waals surface area contributed by atoms with Crippen LogP contribution in [-0.4, -0.2) is 14.1 Å². The number of hydrogen-bond donors (Lipinski definition) is 0. The van der Waals surface area contributed by atoms with Gasteiger partial charge in [0.2, 0.25) is 0 Å². The van der Waals surface area contributed by atoms with Crippen molar-refractivity contribution in [3.63, 3.8) is 0 Å². The van der Waals surface area contributed by atoms with Gasteiger partial charge in [0, 0.05) is 6.42 Å². The average molecular weight is 456 g/mol. The Balaban J connectivity index is 3.15. The van der Waals surface area contributed by atoms with Crippen molar-refractivity contribution in [2.45, 2.75) is 122 Å². The molecule has 154 valence electrons. The SMILES string of the molecule is C[Si](C)(C)C#CCCCCCCCCCCCCCCCC[Si](Cl)(Cl)Cl. The normalized spacial score (nSPS) is 12.1. The number of rotatable bonds is 16. The molecule has 0 aliphatic rings. The maximum atomic E-state index is 5.88. The zero-order valence-electron chi connectivity index (χ0n) is 17.4. The molecule has 0 aromatic carbocycles. The van der Waals surface area contributed by atoms with E-state index in [0.717, 1.165) is 18.9 Å². The molecule has 0 aromatic heterocycles. The lowest BCUT2D eigenvalue weighted by Crippen LogP contribution is -2.16. The third kappa shape index (κ3) is 24.9. The summed E-state index contributed by atoms with van der Waals surface area (Å²) in [4.78, 5) is 0. The Bertz CT molecular complexity index is 375. The Kier molecular flexibility index (Phi) is 17.3. The van der Waals surface area contributed by atoms with E-state index >= 15 is 0 Å². The minimum Gasteiger partial charge on any atom is -0.132 e. The molecule has 0 N–H and O–H groups in total. The summed E-state index contributed by atoms with van der Waals surface area (Å²) >= 11 is 17.7. The summed E-state index contributed by atoms with van der Waals surface area (Å²) in [7, 11) is -1.15. The molecule has 0 heterocycles. The third-order valence-corrected chi connectivity index (χ3v) is 8.02. The van der Waals surface area contributed by atoms with Gasteiger partial charge >= 0.3 is 6.00 Å². The zero-order chi connectivity index (χ0) is 19.7. The molecule has 0 nitrogen and oxygen atoms in total. The highest BCUT2D eigenvalue weighted by molar-refractivity contribution is 7.64. The first kappa shape index (κ1) is 26.9. The molecule has 0 fully saturated rings. The van der Waals surface area contributed by atoms with Gasteiger partial charge in [-0.15, -0.1) is 44.7 Å². The van der Waals surface area contributed by atoms with E-state index in [2.05, 4.69) is 31.1 Å². The number of hydrogen-bond acceptors (Lipinski definition) is 0. The highest BCUT2D eigenvalue weighted by Gasteiger charge is 2.23. The van der Waals surface area contributed by atoms with Gasteiger partial charge < -0.3 is 0 Å². The molecule has 0 saturated carbocycles. The number of halogens is 3. The second kappa shape index (κ2) is 16.8. The highest BCUT2D eigenvalue weighted by Crippen LogP contribution is 2.27. The predicted molar refractivity (Wildman–Crippen MR) is 128 cm³/mol. The summed E-state index contributed by atoms with van der Waals surface area (Å²) in [5.41, 5.74) is 3.45. The molecule has 0 spiro atoms. The van der Waals surface area contributed by atoms with E-state index in [4.69, 9.17) is 33.2 Å². The van der Waals surface area contributed by atoms with Crippen LogP contribution in [0.15, 0.2) is 0 Å². The van der Waals surface area contributed by atoms with E-state index in [1.807, 2.05) is 0 Å². The fourth-order valence-electron chi connectivity index (χ4n) is 2.99. The van der Waals surface area contributed by atoms with Crippen LogP contribution in [0.4, 0.5) is 0 Å². The summed E-state index contributed by atoms with van der Waals surface area (Å²) < 4.78 is 0. The van der Waals surface area contributed by atoms with Crippen molar-refractivity contribution in [1.82, 2.24) is 0 Å². The second-order valence-electron chi connectivity index (χ2n) is 8.62. The molecule has 0 amide bonds. The first-order chi connectivity index (χ1) is 12.2. The van der Waals surface area contributed by atoms with Gasteiger partial charge in [0.25, 0.3) is 0 Å². The summed E-state index contributed by atoms with van der Waals surface area (Å²) in [5.74, 6) is 3.37. The molecule has 0 unspecified atom stereocenters. The van der Waals surface area contributed by atoms with Crippen LogP contribution in [0.5, 0.6) is 0 Å². The Hall–Kier alpha value is 0.864. The molecule has 5 heteroatoms. The van der Waals surface area contributed by atoms with Crippen LogP contribution in [0, 0.1) is 11.5 Å². The van der Waals surface area contributed by atoms with E-state index in [9.17, 15) is 0 Å². The van der Waals surface area contributed by atoms with Gasteiger partial charge in [-0.25, -0.2) is 0 Å².